The predicted molar refractivity (Wildman–Crippen MR) is 554 cm³/mol. The topological polar surface area (TPSA) is 383 Å². The number of rotatable bonds is 64. The molecule has 0 saturated carbocycles. The molecule has 0 aromatic heterocycles. The summed E-state index contributed by atoms with van der Waals surface area (Å²) >= 11 is 0. The van der Waals surface area contributed by atoms with Crippen LogP contribution in [0.2, 0.25) is 0 Å². The van der Waals surface area contributed by atoms with Crippen LogP contribution >= 0.6 is 0 Å². The van der Waals surface area contributed by atoms with Gasteiger partial charge in [0.15, 0.2) is 0 Å². The molecule has 8 aromatic carbocycles. The molecular weight excluding hydrogens is 1780 g/mol. The Morgan fingerprint density at radius 1 is 0.206 bits per heavy atom. The molecule has 8 aromatic rings. The molecule has 0 unspecified atom stereocenters. The van der Waals surface area contributed by atoms with Crippen molar-refractivity contribution < 1.29 is 57.5 Å². The fourth-order valence-electron chi connectivity index (χ4n) is 17.8. The summed E-state index contributed by atoms with van der Waals surface area (Å²) in [6.45, 7) is 11.2. The zero-order valence-electron chi connectivity index (χ0n) is 84.4. The van der Waals surface area contributed by atoms with E-state index in [1.165, 1.54) is 49.0 Å². The number of nitrogens with zero attached hydrogens (tertiary/aromatic N) is 11. The summed E-state index contributed by atoms with van der Waals surface area (Å²) in [7, 11) is 0. The molecular formula is C112H155N17O12. The lowest BCUT2D eigenvalue weighted by Crippen LogP contribution is -2.54. The number of hydrogen-bond donors (Lipinski definition) is 6. The van der Waals surface area contributed by atoms with Crippen molar-refractivity contribution >= 4 is 70.9 Å². The Morgan fingerprint density at radius 3 is 0.560 bits per heavy atom. The highest BCUT2D eigenvalue weighted by Crippen LogP contribution is 2.32. The van der Waals surface area contributed by atoms with E-state index in [2.05, 4.69) is 5.32 Å². The molecule has 29 nitrogen and oxygen atoms in total. The number of nitrogens with two attached hydrogens (primary N) is 5. The minimum absolute atomic E-state index is 0.0229. The monoisotopic (exact) mass is 1930 g/mol. The normalized spacial score (nSPS) is 12.9. The van der Waals surface area contributed by atoms with E-state index < -0.39 is 179 Å². The Labute approximate surface area is 836 Å². The van der Waals surface area contributed by atoms with Gasteiger partial charge in [-0.15, -0.1) is 0 Å². The molecule has 0 radical (unpaired) electrons. The molecule has 0 aliphatic heterocycles. The Bertz CT molecular complexity index is 5060. The lowest BCUT2D eigenvalue weighted by Gasteiger charge is -2.38. The van der Waals surface area contributed by atoms with E-state index in [-0.39, 0.29) is 38.6 Å². The van der Waals surface area contributed by atoms with Crippen molar-refractivity contribution in [2.75, 3.05) is 131 Å². The van der Waals surface area contributed by atoms with Crippen molar-refractivity contribution in [3.05, 3.63) is 287 Å². The van der Waals surface area contributed by atoms with E-state index in [0.29, 0.717) is 118 Å². The van der Waals surface area contributed by atoms with Gasteiger partial charge >= 0.3 is 0 Å². The Balaban J connectivity index is 1.14. The first-order valence-corrected chi connectivity index (χ1v) is 50.5. The summed E-state index contributed by atoms with van der Waals surface area (Å²) in [5.41, 5.74) is 35.1. The number of benzene rings is 8. The van der Waals surface area contributed by atoms with E-state index in [0.717, 1.165) is 61.6 Å². The molecule has 12 amide bonds. The number of nitrogens with one attached hydrogen (secondary N) is 1. The third-order valence-electron chi connectivity index (χ3n) is 26.8. The highest BCUT2D eigenvalue weighted by Gasteiger charge is 2.40. The van der Waals surface area contributed by atoms with Crippen LogP contribution in [0.4, 0.5) is 0 Å². The molecule has 0 saturated heterocycles. The molecule has 11 N–H and O–H groups in total. The minimum Gasteiger partial charge on any atom is -0.368 e. The van der Waals surface area contributed by atoms with Crippen LogP contribution in [0, 0.1) is 0 Å². The van der Waals surface area contributed by atoms with Gasteiger partial charge in [0, 0.05) is 19.6 Å². The van der Waals surface area contributed by atoms with Crippen LogP contribution < -0.4 is 34.0 Å². The van der Waals surface area contributed by atoms with Crippen LogP contribution in [0.25, 0.3) is 0 Å². The molecule has 29 heteroatoms. The van der Waals surface area contributed by atoms with Gasteiger partial charge in [0.2, 0.25) is 70.9 Å². The van der Waals surface area contributed by atoms with Crippen molar-refractivity contribution in [2.45, 2.75) is 206 Å². The maximum atomic E-state index is 16.2. The maximum Gasteiger partial charge on any atom is 0.243 e. The smallest absolute Gasteiger partial charge is 0.243 e. The quantitative estimate of drug-likeness (QED) is 0.0193. The molecule has 8 atom stereocenters. The summed E-state index contributed by atoms with van der Waals surface area (Å²) < 4.78 is 0. The number of amides is 12. The van der Waals surface area contributed by atoms with Crippen LogP contribution in [-0.2, 0) is 57.5 Å². The van der Waals surface area contributed by atoms with Gasteiger partial charge in [-0.05, 0) is 184 Å². The van der Waals surface area contributed by atoms with Gasteiger partial charge in [0.1, 0.15) is 45.8 Å². The van der Waals surface area contributed by atoms with Crippen LogP contribution in [0.1, 0.15) is 251 Å². The lowest BCUT2D eigenvalue weighted by molar-refractivity contribution is -0.152. The van der Waals surface area contributed by atoms with Crippen LogP contribution in [0.3, 0.4) is 0 Å². The van der Waals surface area contributed by atoms with Gasteiger partial charge in [-0.2, -0.15) is 0 Å². The molecule has 760 valence electrons. The zero-order chi connectivity index (χ0) is 102. The second-order valence-corrected chi connectivity index (χ2v) is 36.8. The molecule has 0 aliphatic rings. The van der Waals surface area contributed by atoms with Gasteiger partial charge in [0.05, 0.1) is 81.1 Å². The SMILES string of the molecule is C[C@@H](c1ccccc1)N(CC(N)=O)C(=O)CN(C(=O)CN(CCCCCCN)C(=O)CN(C(=O)CN(C(=O)CN(CCCCCCN)C(=O)CN(C(=O)CN(C(=O)CN(CCCCCCN)C(=O)CN(C(=O)CN(C(=O)CNCCCCCCN)[C@@H](C)c1ccccc1)[C@@H](C)c1ccccc1)[C@@H](C)c1ccccc1)[C@@H](C)c1ccccc1)[C@@H](C)c1ccccc1)[C@@H](C)c1ccccc1)[C@@H](C)c1ccccc1. The summed E-state index contributed by atoms with van der Waals surface area (Å²) in [6, 6.07) is 67.5. The van der Waals surface area contributed by atoms with Gasteiger partial charge in [-0.25, -0.2) is 0 Å². The average Bonchev–Trinajstić information content (AvgIpc) is 0.818. The van der Waals surface area contributed by atoms with Gasteiger partial charge in [0.25, 0.3) is 0 Å². The predicted octanol–water partition coefficient (Wildman–Crippen LogP) is 13.3. The number of hydrogen-bond acceptors (Lipinski definition) is 17. The molecule has 0 bridgehead atoms. The molecule has 0 heterocycles. The van der Waals surface area contributed by atoms with E-state index >= 15 is 43.2 Å². The van der Waals surface area contributed by atoms with E-state index in [1.54, 1.807) is 46.4 Å². The lowest BCUT2D eigenvalue weighted by atomic mass is 10.0. The number of carbonyl (C=O) groups is 12. The first-order chi connectivity index (χ1) is 68.1. The standard InChI is InChI=1S/C112H155N17O12/c1-85(93-49-25-17-26-50-93)122(74-101(117)130)109(138)82-127(90(6)98-59-35-22-36-60-98)106(135)75-119(70-46-14-10-42-66-114)104(133)79-125(88(4)96-55-31-20-32-56-96)111(140)84-129(92(8)100-63-39-24-40-64-100)108(137)77-121(72-48-16-12-44-68-116)105(134)80-126(89(5)97-57-33-21-34-58-97)112(141)83-128(91(7)99-61-37-23-38-62-99)107(136)76-120(71-47-15-11-43-67-115)103(132)78-124(87(3)95-53-29-19-30-54-95)110(139)81-123(86(2)94-51-27-18-28-52-94)102(131)73-118-69-45-13-9-41-65-113/h17-40,49-64,85-92,118H,9-16,41-48,65-84,113-116H2,1-8H3,(H2,117,130)/t85-,86-,87-,88-,89-,90-,91-,92-/m0/s1. The summed E-state index contributed by atoms with van der Waals surface area (Å²) in [5.74, 6) is -7.06. The summed E-state index contributed by atoms with van der Waals surface area (Å²) in [5, 5.41) is 3.30. The highest BCUT2D eigenvalue weighted by molar-refractivity contribution is 5.96. The summed E-state index contributed by atoms with van der Waals surface area (Å²) in [6.07, 6.45) is 11.1. The van der Waals surface area contributed by atoms with Gasteiger partial charge < -0.3 is 87.9 Å². The number of unbranched alkanes of at least 4 members (excludes halogenated alkanes) is 12. The van der Waals surface area contributed by atoms with Crippen LogP contribution in [0.15, 0.2) is 243 Å². The molecule has 8 rings (SSSR count). The Hall–Kier alpha value is -12.8. The number of primary amides is 1. The summed E-state index contributed by atoms with van der Waals surface area (Å²) in [4.78, 5) is 201. The first-order valence-electron chi connectivity index (χ1n) is 50.5. The van der Waals surface area contributed by atoms with Crippen molar-refractivity contribution in [1.82, 2.24) is 59.2 Å². The van der Waals surface area contributed by atoms with Gasteiger partial charge in [-0.1, -0.05) is 294 Å². The maximum absolute atomic E-state index is 16.2. The average molecular weight is 1930 g/mol. The highest BCUT2D eigenvalue weighted by atomic mass is 16.2. The minimum atomic E-state index is -0.846. The van der Waals surface area contributed by atoms with Crippen molar-refractivity contribution in [3.63, 3.8) is 0 Å². The third kappa shape index (κ3) is 36.7. The van der Waals surface area contributed by atoms with E-state index in [4.69, 9.17) is 28.7 Å². The van der Waals surface area contributed by atoms with Gasteiger partial charge in [-0.3, -0.25) is 57.5 Å². The van der Waals surface area contributed by atoms with Crippen molar-refractivity contribution in [1.29, 1.82) is 0 Å². The zero-order valence-corrected chi connectivity index (χ0v) is 84.4. The largest absolute Gasteiger partial charge is 0.368 e. The third-order valence-corrected chi connectivity index (χ3v) is 26.8. The fraction of sp³-hybridized carbons (Fsp3) is 0.464. The Morgan fingerprint density at radius 2 is 0.369 bits per heavy atom. The van der Waals surface area contributed by atoms with Crippen LogP contribution in [0.5, 0.6) is 0 Å². The molecule has 0 spiro atoms. The van der Waals surface area contributed by atoms with E-state index in [1.807, 2.05) is 257 Å². The fourth-order valence-corrected chi connectivity index (χ4v) is 17.8. The molecule has 141 heavy (non-hydrogen) atoms. The first kappa shape index (κ1) is 113. The van der Waals surface area contributed by atoms with Crippen molar-refractivity contribution in [3.8, 4) is 0 Å². The molecule has 0 aliphatic carbocycles. The Kier molecular flexibility index (Phi) is 49.7. The van der Waals surface area contributed by atoms with E-state index in [9.17, 15) is 14.4 Å². The number of carbonyl (C=O) groups excluding carboxylic acids is 12. The van der Waals surface area contributed by atoms with Crippen LogP contribution in [-0.4, -0.2) is 256 Å². The van der Waals surface area contributed by atoms with Crippen molar-refractivity contribution in [2.24, 2.45) is 28.7 Å². The molecule has 0 fully saturated rings. The second kappa shape index (κ2) is 61.7. The second-order valence-electron chi connectivity index (χ2n) is 36.8.